The second-order valence-electron chi connectivity index (χ2n) is 5.15. The third kappa shape index (κ3) is 2.61. The Morgan fingerprint density at radius 1 is 1.41 bits per heavy atom. The van der Waals surface area contributed by atoms with Gasteiger partial charge >= 0.3 is 0 Å². The zero-order valence-electron chi connectivity index (χ0n) is 10.6. The fraction of sp³-hybridized carbons (Fsp3) is 0.571. The predicted molar refractivity (Wildman–Crippen MR) is 67.9 cm³/mol. The largest absolute Gasteiger partial charge is 0.493 e. The molecule has 94 valence electrons. The van der Waals surface area contributed by atoms with Gasteiger partial charge in [0, 0.05) is 6.54 Å². The number of hydrogen-bond donors (Lipinski definition) is 1. The molecule has 0 aromatic heterocycles. The number of ether oxygens (including phenoxy) is 2. The minimum absolute atomic E-state index is 0.193. The van der Waals surface area contributed by atoms with Gasteiger partial charge in [0.15, 0.2) is 0 Å². The van der Waals surface area contributed by atoms with Gasteiger partial charge in [-0.05, 0) is 23.6 Å². The molecular formula is C14H21NO2. The molecule has 1 aromatic rings. The molecule has 0 radical (unpaired) electrons. The van der Waals surface area contributed by atoms with Crippen molar-refractivity contribution in [3.8, 4) is 5.75 Å². The number of hydrogen-bond acceptors (Lipinski definition) is 3. The average Bonchev–Trinajstić information content (AvgIpc) is 2.27. The molecule has 1 aromatic carbocycles. The maximum atomic E-state index is 5.88. The molecule has 0 aliphatic carbocycles. The van der Waals surface area contributed by atoms with E-state index in [1.54, 1.807) is 0 Å². The summed E-state index contributed by atoms with van der Waals surface area (Å²) >= 11 is 0. The molecule has 0 amide bonds. The minimum Gasteiger partial charge on any atom is -0.493 e. The summed E-state index contributed by atoms with van der Waals surface area (Å²) in [5.74, 6) is 1.48. The third-order valence-electron chi connectivity index (χ3n) is 3.66. The van der Waals surface area contributed by atoms with E-state index in [1.807, 2.05) is 24.3 Å². The van der Waals surface area contributed by atoms with Crippen LogP contribution in [0.5, 0.6) is 5.75 Å². The lowest BCUT2D eigenvalue weighted by atomic mass is 9.76. The van der Waals surface area contributed by atoms with Crippen LogP contribution in [-0.2, 0) is 11.3 Å². The van der Waals surface area contributed by atoms with Crippen LogP contribution in [0, 0.1) is 11.3 Å². The Balaban J connectivity index is 1.97. The zero-order valence-corrected chi connectivity index (χ0v) is 10.6. The lowest BCUT2D eigenvalue weighted by Gasteiger charge is -2.44. The lowest BCUT2D eigenvalue weighted by Crippen LogP contribution is -2.50. The van der Waals surface area contributed by atoms with E-state index in [2.05, 4.69) is 13.8 Å². The summed E-state index contributed by atoms with van der Waals surface area (Å²) in [7, 11) is 0. The Bertz CT molecular complexity index is 372. The van der Waals surface area contributed by atoms with Gasteiger partial charge in [-0.15, -0.1) is 0 Å². The molecule has 1 saturated heterocycles. The van der Waals surface area contributed by atoms with E-state index < -0.39 is 0 Å². The third-order valence-corrected chi connectivity index (χ3v) is 3.66. The van der Waals surface area contributed by atoms with E-state index in [9.17, 15) is 0 Å². The number of nitrogens with two attached hydrogens (primary N) is 1. The Morgan fingerprint density at radius 2 is 2.18 bits per heavy atom. The number of benzene rings is 1. The normalized spacial score (nSPS) is 17.9. The van der Waals surface area contributed by atoms with Crippen LogP contribution in [0.1, 0.15) is 19.4 Å². The fourth-order valence-corrected chi connectivity index (χ4v) is 1.94. The molecule has 3 heteroatoms. The quantitative estimate of drug-likeness (QED) is 0.851. The summed E-state index contributed by atoms with van der Waals surface area (Å²) < 4.78 is 11.2. The summed E-state index contributed by atoms with van der Waals surface area (Å²) in [6.45, 7) is 7.33. The first-order valence-electron chi connectivity index (χ1n) is 6.16. The zero-order chi connectivity index (χ0) is 12.3. The van der Waals surface area contributed by atoms with Crippen LogP contribution in [-0.4, -0.2) is 19.8 Å². The van der Waals surface area contributed by atoms with Gasteiger partial charge in [-0.1, -0.05) is 26.0 Å². The van der Waals surface area contributed by atoms with Crippen molar-refractivity contribution in [3.05, 3.63) is 29.8 Å². The lowest BCUT2D eigenvalue weighted by molar-refractivity contribution is -0.156. The van der Waals surface area contributed by atoms with E-state index in [4.69, 9.17) is 15.2 Å². The van der Waals surface area contributed by atoms with Crippen LogP contribution in [0.25, 0.3) is 0 Å². The maximum Gasteiger partial charge on any atom is 0.119 e. The van der Waals surface area contributed by atoms with Crippen LogP contribution in [0.3, 0.4) is 0 Å². The molecule has 3 nitrogen and oxygen atoms in total. The fourth-order valence-electron chi connectivity index (χ4n) is 1.94. The van der Waals surface area contributed by atoms with Gasteiger partial charge in [0.2, 0.25) is 0 Å². The van der Waals surface area contributed by atoms with E-state index in [-0.39, 0.29) is 5.41 Å². The van der Waals surface area contributed by atoms with Crippen molar-refractivity contribution in [2.24, 2.45) is 17.1 Å². The highest BCUT2D eigenvalue weighted by Crippen LogP contribution is 2.36. The van der Waals surface area contributed by atoms with Crippen LogP contribution >= 0.6 is 0 Å². The van der Waals surface area contributed by atoms with Crippen LogP contribution in [0.2, 0.25) is 0 Å². The van der Waals surface area contributed by atoms with E-state index in [1.165, 1.54) is 0 Å². The summed E-state index contributed by atoms with van der Waals surface area (Å²) in [4.78, 5) is 0. The Hall–Kier alpha value is -1.06. The predicted octanol–water partition coefficient (Wildman–Crippen LogP) is 2.20. The molecule has 0 unspecified atom stereocenters. The van der Waals surface area contributed by atoms with Crippen LogP contribution in [0.4, 0.5) is 0 Å². The standard InChI is InChI=1S/C14H21NO2/c1-11(2)14(8-16-9-14)10-17-13-5-3-4-12(6-13)7-15/h3-6,11H,7-10,15H2,1-2H3. The Labute approximate surface area is 103 Å². The van der Waals surface area contributed by atoms with E-state index >= 15 is 0 Å². The van der Waals surface area contributed by atoms with Gasteiger partial charge in [0.05, 0.1) is 25.2 Å². The van der Waals surface area contributed by atoms with Gasteiger partial charge in [-0.3, -0.25) is 0 Å². The van der Waals surface area contributed by atoms with E-state index in [0.717, 1.165) is 31.1 Å². The van der Waals surface area contributed by atoms with Gasteiger partial charge in [0.25, 0.3) is 0 Å². The highest BCUT2D eigenvalue weighted by Gasteiger charge is 2.42. The number of rotatable bonds is 5. The van der Waals surface area contributed by atoms with Gasteiger partial charge in [-0.2, -0.15) is 0 Å². The smallest absolute Gasteiger partial charge is 0.119 e. The first-order valence-corrected chi connectivity index (χ1v) is 6.16. The molecule has 1 heterocycles. The first-order chi connectivity index (χ1) is 8.16. The van der Waals surface area contributed by atoms with Crippen LogP contribution < -0.4 is 10.5 Å². The van der Waals surface area contributed by atoms with Crippen molar-refractivity contribution >= 4 is 0 Å². The molecule has 0 bridgehead atoms. The molecule has 1 aliphatic rings. The highest BCUT2D eigenvalue weighted by atomic mass is 16.5. The molecule has 1 fully saturated rings. The Kier molecular flexibility index (Phi) is 3.69. The van der Waals surface area contributed by atoms with Gasteiger partial charge in [0.1, 0.15) is 5.75 Å². The summed E-state index contributed by atoms with van der Waals surface area (Å²) in [5.41, 5.74) is 6.91. The van der Waals surface area contributed by atoms with Crippen molar-refractivity contribution in [2.45, 2.75) is 20.4 Å². The molecule has 0 atom stereocenters. The minimum atomic E-state index is 0.193. The monoisotopic (exact) mass is 235 g/mol. The van der Waals surface area contributed by atoms with Gasteiger partial charge in [-0.25, -0.2) is 0 Å². The molecule has 1 aliphatic heterocycles. The topological polar surface area (TPSA) is 44.5 Å². The molecule has 2 rings (SSSR count). The molecular weight excluding hydrogens is 214 g/mol. The van der Waals surface area contributed by atoms with Crippen molar-refractivity contribution in [1.82, 2.24) is 0 Å². The maximum absolute atomic E-state index is 5.88. The summed E-state index contributed by atoms with van der Waals surface area (Å²) in [6.07, 6.45) is 0. The summed E-state index contributed by atoms with van der Waals surface area (Å²) in [5, 5.41) is 0. The molecule has 0 spiro atoms. The van der Waals surface area contributed by atoms with Crippen molar-refractivity contribution < 1.29 is 9.47 Å². The SMILES string of the molecule is CC(C)C1(COc2cccc(CN)c2)COC1. The highest BCUT2D eigenvalue weighted by molar-refractivity contribution is 5.28. The molecule has 2 N–H and O–H groups in total. The molecule has 17 heavy (non-hydrogen) atoms. The van der Waals surface area contributed by atoms with Gasteiger partial charge < -0.3 is 15.2 Å². The second kappa shape index (κ2) is 5.07. The van der Waals surface area contributed by atoms with Crippen molar-refractivity contribution in [2.75, 3.05) is 19.8 Å². The molecule has 0 saturated carbocycles. The van der Waals surface area contributed by atoms with E-state index in [0.29, 0.717) is 12.5 Å². The van der Waals surface area contributed by atoms with Crippen molar-refractivity contribution in [1.29, 1.82) is 0 Å². The van der Waals surface area contributed by atoms with Crippen LogP contribution in [0.15, 0.2) is 24.3 Å². The summed E-state index contributed by atoms with van der Waals surface area (Å²) in [6, 6.07) is 7.98. The Morgan fingerprint density at radius 3 is 2.71 bits per heavy atom. The van der Waals surface area contributed by atoms with Crippen molar-refractivity contribution in [3.63, 3.8) is 0 Å². The first kappa shape index (κ1) is 12.4. The second-order valence-corrected chi connectivity index (χ2v) is 5.15. The average molecular weight is 235 g/mol.